The molecule has 1 saturated carbocycles. The van der Waals surface area contributed by atoms with Gasteiger partial charge in [0.25, 0.3) is 0 Å². The van der Waals surface area contributed by atoms with Crippen molar-refractivity contribution < 1.29 is 13.9 Å². The lowest BCUT2D eigenvalue weighted by atomic mass is 9.95. The summed E-state index contributed by atoms with van der Waals surface area (Å²) in [4.78, 5) is 26.4. The fraction of sp³-hybridized carbons (Fsp3) is 0.650. The molecule has 0 unspecified atom stereocenters. The number of piperidine rings is 1. The number of hydrogen-bond acceptors (Lipinski definition) is 6. The van der Waals surface area contributed by atoms with Gasteiger partial charge in [-0.2, -0.15) is 5.10 Å². The van der Waals surface area contributed by atoms with Crippen LogP contribution >= 0.6 is 0 Å². The summed E-state index contributed by atoms with van der Waals surface area (Å²) < 4.78 is 13.7. The number of rotatable bonds is 5. The zero-order valence-corrected chi connectivity index (χ0v) is 16.6. The van der Waals surface area contributed by atoms with Gasteiger partial charge in [-0.3, -0.25) is 9.47 Å². The third-order valence-electron chi connectivity index (χ3n) is 6.05. The number of aryl methyl sites for hydroxylation is 1. The molecule has 0 bridgehead atoms. The minimum atomic E-state index is -0.454. The number of aromatic nitrogens is 3. The lowest BCUT2D eigenvalue weighted by Gasteiger charge is -2.31. The van der Waals surface area contributed by atoms with E-state index < -0.39 is 5.97 Å². The van der Waals surface area contributed by atoms with E-state index in [1.165, 1.54) is 24.6 Å². The van der Waals surface area contributed by atoms with E-state index >= 15 is 0 Å². The molecule has 0 radical (unpaired) electrons. The van der Waals surface area contributed by atoms with Crippen molar-refractivity contribution in [3.8, 4) is 0 Å². The van der Waals surface area contributed by atoms with Crippen molar-refractivity contribution in [2.75, 3.05) is 20.2 Å². The number of hydrogen-bond donors (Lipinski definition) is 0. The predicted molar refractivity (Wildman–Crippen MR) is 102 cm³/mol. The highest BCUT2D eigenvalue weighted by Gasteiger charge is 2.30. The molecule has 0 amide bonds. The first kappa shape index (κ1) is 19.0. The quantitative estimate of drug-likeness (QED) is 0.732. The van der Waals surface area contributed by atoms with E-state index in [4.69, 9.17) is 4.42 Å². The summed E-state index contributed by atoms with van der Waals surface area (Å²) >= 11 is 0. The molecule has 8 heteroatoms. The van der Waals surface area contributed by atoms with E-state index in [2.05, 4.69) is 14.7 Å². The summed E-state index contributed by atoms with van der Waals surface area (Å²) in [7, 11) is 3.10. The van der Waals surface area contributed by atoms with Gasteiger partial charge in [0.05, 0.1) is 13.7 Å². The normalized spacial score (nSPS) is 19.4. The molecule has 0 N–H and O–H groups in total. The first-order valence-corrected chi connectivity index (χ1v) is 10.1. The maximum absolute atomic E-state index is 12.6. The van der Waals surface area contributed by atoms with Crippen molar-refractivity contribution in [3.63, 3.8) is 0 Å². The van der Waals surface area contributed by atoms with Crippen LogP contribution in [-0.4, -0.2) is 45.4 Å². The van der Waals surface area contributed by atoms with Crippen LogP contribution in [0.4, 0.5) is 0 Å². The van der Waals surface area contributed by atoms with Crippen molar-refractivity contribution in [3.05, 3.63) is 40.0 Å². The van der Waals surface area contributed by atoms with Crippen LogP contribution in [-0.2, 0) is 18.3 Å². The molecular formula is C20H28N4O4. The maximum Gasteiger partial charge on any atom is 0.373 e. The molecule has 1 aliphatic carbocycles. The van der Waals surface area contributed by atoms with E-state index in [1.54, 1.807) is 13.1 Å². The zero-order chi connectivity index (χ0) is 19.7. The Labute approximate surface area is 164 Å². The Balaban J connectivity index is 1.41. The maximum atomic E-state index is 12.6. The monoisotopic (exact) mass is 388 g/mol. The average Bonchev–Trinajstić information content (AvgIpc) is 3.44. The molecule has 2 aromatic heterocycles. The van der Waals surface area contributed by atoms with Crippen molar-refractivity contribution in [2.24, 2.45) is 7.05 Å². The van der Waals surface area contributed by atoms with Crippen LogP contribution in [0.5, 0.6) is 0 Å². The van der Waals surface area contributed by atoms with Crippen molar-refractivity contribution in [2.45, 2.75) is 57.0 Å². The molecule has 152 valence electrons. The van der Waals surface area contributed by atoms with Crippen LogP contribution < -0.4 is 5.69 Å². The van der Waals surface area contributed by atoms with Gasteiger partial charge < -0.3 is 9.15 Å². The van der Waals surface area contributed by atoms with Gasteiger partial charge in [-0.05, 0) is 50.9 Å². The lowest BCUT2D eigenvalue weighted by Crippen LogP contribution is -2.34. The zero-order valence-electron chi connectivity index (χ0n) is 16.6. The molecule has 4 rings (SSSR count). The van der Waals surface area contributed by atoms with Crippen LogP contribution in [0.3, 0.4) is 0 Å². The van der Waals surface area contributed by atoms with Gasteiger partial charge in [0.15, 0.2) is 0 Å². The molecular weight excluding hydrogens is 360 g/mol. The number of nitrogens with zero attached hydrogens (tertiary/aromatic N) is 4. The van der Waals surface area contributed by atoms with E-state index in [0.717, 1.165) is 50.4 Å². The molecule has 28 heavy (non-hydrogen) atoms. The summed E-state index contributed by atoms with van der Waals surface area (Å²) in [5, 5.41) is 4.60. The molecule has 8 nitrogen and oxygen atoms in total. The Morgan fingerprint density at radius 3 is 2.61 bits per heavy atom. The minimum Gasteiger partial charge on any atom is -0.463 e. The van der Waals surface area contributed by atoms with Crippen LogP contribution in [0.15, 0.2) is 21.3 Å². The summed E-state index contributed by atoms with van der Waals surface area (Å²) in [6.45, 7) is 2.49. The Morgan fingerprint density at radius 1 is 1.21 bits per heavy atom. The van der Waals surface area contributed by atoms with Crippen LogP contribution in [0.2, 0.25) is 0 Å². The van der Waals surface area contributed by atoms with Gasteiger partial charge >= 0.3 is 11.7 Å². The molecule has 3 heterocycles. The molecule has 1 aliphatic heterocycles. The second-order valence-electron chi connectivity index (χ2n) is 7.88. The van der Waals surface area contributed by atoms with E-state index in [0.29, 0.717) is 18.5 Å². The number of methoxy groups -OCH3 is 1. The highest BCUT2D eigenvalue weighted by Crippen LogP contribution is 2.33. The predicted octanol–water partition coefficient (Wildman–Crippen LogP) is 2.46. The standard InChI is InChI=1S/C20H28N4O4/c1-22-20(26)24(15-5-3-4-6-15)18(21-22)14-9-11-23(12-10-14)13-16-7-8-17(28-16)19(25)27-2/h7-8,14-15H,3-6,9-13H2,1-2H3. The lowest BCUT2D eigenvalue weighted by molar-refractivity contribution is 0.0560. The summed E-state index contributed by atoms with van der Waals surface area (Å²) in [6, 6.07) is 3.80. The second kappa shape index (κ2) is 7.95. The largest absolute Gasteiger partial charge is 0.463 e. The van der Waals surface area contributed by atoms with Crippen LogP contribution in [0, 0.1) is 0 Å². The van der Waals surface area contributed by atoms with Crippen LogP contribution in [0.1, 0.15) is 72.6 Å². The SMILES string of the molecule is COC(=O)c1ccc(CN2CCC(c3nn(C)c(=O)n3C3CCCC3)CC2)o1. The molecule has 0 aromatic carbocycles. The van der Waals surface area contributed by atoms with Crippen molar-refractivity contribution in [1.82, 2.24) is 19.2 Å². The molecule has 2 aliphatic rings. The molecule has 1 saturated heterocycles. The third-order valence-corrected chi connectivity index (χ3v) is 6.05. The summed E-state index contributed by atoms with van der Waals surface area (Å²) in [6.07, 6.45) is 6.49. The second-order valence-corrected chi connectivity index (χ2v) is 7.88. The van der Waals surface area contributed by atoms with Gasteiger partial charge in [0, 0.05) is 19.0 Å². The highest BCUT2D eigenvalue weighted by molar-refractivity contribution is 5.86. The minimum absolute atomic E-state index is 0.0234. The molecule has 0 atom stereocenters. The average molecular weight is 388 g/mol. The number of carbonyl (C=O) groups is 1. The Kier molecular flexibility index (Phi) is 5.39. The molecule has 2 fully saturated rings. The van der Waals surface area contributed by atoms with Gasteiger partial charge in [-0.1, -0.05) is 12.8 Å². The Morgan fingerprint density at radius 2 is 1.93 bits per heavy atom. The first-order chi connectivity index (χ1) is 13.6. The Bertz CT molecular complexity index is 882. The van der Waals surface area contributed by atoms with Crippen molar-refractivity contribution in [1.29, 1.82) is 0 Å². The molecule has 0 spiro atoms. The topological polar surface area (TPSA) is 82.5 Å². The Hall–Kier alpha value is -2.35. The highest BCUT2D eigenvalue weighted by atomic mass is 16.5. The third kappa shape index (κ3) is 3.65. The molecule has 2 aromatic rings. The first-order valence-electron chi connectivity index (χ1n) is 10.1. The fourth-order valence-electron chi connectivity index (χ4n) is 4.53. The van der Waals surface area contributed by atoms with Crippen LogP contribution in [0.25, 0.3) is 0 Å². The van der Waals surface area contributed by atoms with E-state index in [-0.39, 0.29) is 11.4 Å². The summed E-state index contributed by atoms with van der Waals surface area (Å²) in [5.41, 5.74) is 0.0234. The number of likely N-dealkylation sites (tertiary alicyclic amines) is 1. The number of carbonyl (C=O) groups excluding carboxylic acids is 1. The summed E-state index contributed by atoms with van der Waals surface area (Å²) in [5.74, 6) is 1.82. The van der Waals surface area contributed by atoms with Gasteiger partial charge in [-0.15, -0.1) is 0 Å². The van der Waals surface area contributed by atoms with Gasteiger partial charge in [0.1, 0.15) is 11.6 Å². The smallest absolute Gasteiger partial charge is 0.373 e. The number of ether oxygens (including phenoxy) is 1. The van der Waals surface area contributed by atoms with E-state index in [9.17, 15) is 9.59 Å². The van der Waals surface area contributed by atoms with Gasteiger partial charge in [-0.25, -0.2) is 14.3 Å². The van der Waals surface area contributed by atoms with Gasteiger partial charge in [0.2, 0.25) is 5.76 Å². The fourth-order valence-corrected chi connectivity index (χ4v) is 4.53. The van der Waals surface area contributed by atoms with Crippen molar-refractivity contribution >= 4 is 5.97 Å². The number of furan rings is 1. The van der Waals surface area contributed by atoms with E-state index in [1.807, 2.05) is 10.6 Å². The number of esters is 1.